The Morgan fingerprint density at radius 3 is 2.60 bits per heavy atom. The van der Waals surface area contributed by atoms with Crippen molar-refractivity contribution >= 4 is 23.2 Å². The van der Waals surface area contributed by atoms with Gasteiger partial charge in [-0.05, 0) is 48.4 Å². The molecule has 2 aliphatic rings. The number of hydrogen-bond donors (Lipinski definition) is 0. The van der Waals surface area contributed by atoms with Crippen LogP contribution in [0, 0.1) is 6.92 Å². The van der Waals surface area contributed by atoms with Crippen LogP contribution in [-0.4, -0.2) is 65.3 Å². The van der Waals surface area contributed by atoms with E-state index in [1.807, 2.05) is 35.0 Å². The quantitative estimate of drug-likeness (QED) is 0.753. The van der Waals surface area contributed by atoms with Crippen molar-refractivity contribution in [3.63, 3.8) is 0 Å². The zero-order chi connectivity index (χ0) is 21.3. The van der Waals surface area contributed by atoms with Crippen molar-refractivity contribution in [3.8, 4) is 0 Å². The van der Waals surface area contributed by atoms with Gasteiger partial charge < -0.3 is 9.80 Å². The number of benzene rings is 1. The molecule has 30 heavy (non-hydrogen) atoms. The van der Waals surface area contributed by atoms with Gasteiger partial charge >= 0.3 is 0 Å². The molecule has 0 saturated carbocycles. The molecule has 2 amide bonds. The molecular formula is C24H31N3O2S. The van der Waals surface area contributed by atoms with Crippen LogP contribution in [0.4, 0.5) is 0 Å². The van der Waals surface area contributed by atoms with Crippen molar-refractivity contribution in [2.45, 2.75) is 45.7 Å². The van der Waals surface area contributed by atoms with Gasteiger partial charge in [0.05, 0.1) is 12.6 Å². The molecule has 1 aromatic carbocycles. The summed E-state index contributed by atoms with van der Waals surface area (Å²) in [7, 11) is 0. The fraction of sp³-hybridized carbons (Fsp3) is 0.500. The molecule has 5 nitrogen and oxygen atoms in total. The Balaban J connectivity index is 1.51. The van der Waals surface area contributed by atoms with Gasteiger partial charge in [-0.3, -0.25) is 14.5 Å². The zero-order valence-corrected chi connectivity index (χ0v) is 19.0. The first-order chi connectivity index (χ1) is 14.5. The summed E-state index contributed by atoms with van der Waals surface area (Å²) >= 11 is 1.82. The number of aryl methyl sites for hydroxylation is 1. The number of fused-ring (bicyclic) bond motifs is 1. The molecule has 0 radical (unpaired) electrons. The lowest BCUT2D eigenvalue weighted by molar-refractivity contribution is -0.143. The molecule has 0 bridgehead atoms. The van der Waals surface area contributed by atoms with E-state index in [9.17, 15) is 9.59 Å². The minimum absolute atomic E-state index is 0.0761. The average Bonchev–Trinajstić information content (AvgIpc) is 3.22. The van der Waals surface area contributed by atoms with E-state index in [1.165, 1.54) is 21.6 Å². The van der Waals surface area contributed by atoms with Gasteiger partial charge in [-0.25, -0.2) is 0 Å². The van der Waals surface area contributed by atoms with Crippen LogP contribution in [0.15, 0.2) is 35.7 Å². The molecule has 1 aromatic heterocycles. The minimum atomic E-state index is 0.0761. The number of piperazine rings is 1. The minimum Gasteiger partial charge on any atom is -0.338 e. The Morgan fingerprint density at radius 1 is 1.07 bits per heavy atom. The molecule has 2 aliphatic heterocycles. The third-order valence-electron chi connectivity index (χ3n) is 6.49. The fourth-order valence-corrected chi connectivity index (χ4v) is 5.73. The van der Waals surface area contributed by atoms with Crippen molar-refractivity contribution in [2.24, 2.45) is 0 Å². The van der Waals surface area contributed by atoms with E-state index in [1.54, 1.807) is 0 Å². The maximum Gasteiger partial charge on any atom is 0.236 e. The van der Waals surface area contributed by atoms with Crippen molar-refractivity contribution in [2.75, 3.05) is 32.7 Å². The molecule has 4 rings (SSSR count). The number of hydrogen-bond acceptors (Lipinski definition) is 4. The first-order valence-corrected chi connectivity index (χ1v) is 11.8. The molecule has 0 N–H and O–H groups in total. The SMILES string of the molecule is CCC(=O)N1CCN(C(=O)CN2CCc3sccc3C2c2ccccc2C)CC1C. The number of carbonyl (C=O) groups is 2. The van der Waals surface area contributed by atoms with Crippen LogP contribution in [0.5, 0.6) is 0 Å². The summed E-state index contributed by atoms with van der Waals surface area (Å²) in [5.41, 5.74) is 3.90. The van der Waals surface area contributed by atoms with Crippen LogP contribution in [-0.2, 0) is 16.0 Å². The number of nitrogens with zero attached hydrogens (tertiary/aromatic N) is 3. The Bertz CT molecular complexity index is 925. The molecular weight excluding hydrogens is 394 g/mol. The number of thiophene rings is 1. The summed E-state index contributed by atoms with van der Waals surface area (Å²) in [6.45, 7) is 9.29. The van der Waals surface area contributed by atoms with E-state index in [0.29, 0.717) is 32.6 Å². The van der Waals surface area contributed by atoms with Crippen LogP contribution >= 0.6 is 11.3 Å². The van der Waals surface area contributed by atoms with Gasteiger partial charge in [-0.15, -0.1) is 11.3 Å². The summed E-state index contributed by atoms with van der Waals surface area (Å²) in [6.07, 6.45) is 1.52. The third-order valence-corrected chi connectivity index (χ3v) is 7.49. The molecule has 1 saturated heterocycles. The number of rotatable bonds is 4. The van der Waals surface area contributed by atoms with E-state index in [4.69, 9.17) is 0 Å². The van der Waals surface area contributed by atoms with Crippen LogP contribution in [0.3, 0.4) is 0 Å². The predicted molar refractivity (Wildman–Crippen MR) is 121 cm³/mol. The first-order valence-electron chi connectivity index (χ1n) is 10.9. The molecule has 2 unspecified atom stereocenters. The molecule has 1 fully saturated rings. The van der Waals surface area contributed by atoms with E-state index < -0.39 is 0 Å². The normalized spacial score (nSPS) is 22.1. The van der Waals surface area contributed by atoms with Crippen LogP contribution in [0.1, 0.15) is 47.9 Å². The van der Waals surface area contributed by atoms with Crippen molar-refractivity contribution < 1.29 is 9.59 Å². The second kappa shape index (κ2) is 8.90. The number of carbonyl (C=O) groups excluding carboxylic acids is 2. The highest BCUT2D eigenvalue weighted by Crippen LogP contribution is 2.38. The zero-order valence-electron chi connectivity index (χ0n) is 18.1. The van der Waals surface area contributed by atoms with Gasteiger partial charge in [0.25, 0.3) is 0 Å². The standard InChI is InChI=1S/C24H31N3O2S/c1-4-22(28)27-13-12-25(15-18(27)3)23(29)16-26-11-9-21-20(10-14-30-21)24(26)19-8-6-5-7-17(19)2/h5-8,10,14,18,24H,4,9,11-13,15-16H2,1-3H3. The summed E-state index contributed by atoms with van der Waals surface area (Å²) in [5, 5.41) is 2.17. The van der Waals surface area contributed by atoms with E-state index in [0.717, 1.165) is 13.0 Å². The second-order valence-corrected chi connectivity index (χ2v) is 9.41. The number of amides is 2. The lowest BCUT2D eigenvalue weighted by atomic mass is 9.90. The third kappa shape index (κ3) is 4.03. The summed E-state index contributed by atoms with van der Waals surface area (Å²) in [4.78, 5) is 33.0. The summed E-state index contributed by atoms with van der Waals surface area (Å²) < 4.78 is 0. The maximum absolute atomic E-state index is 13.3. The topological polar surface area (TPSA) is 43.9 Å². The summed E-state index contributed by atoms with van der Waals surface area (Å²) in [5.74, 6) is 0.345. The van der Waals surface area contributed by atoms with Crippen LogP contribution < -0.4 is 0 Å². The van der Waals surface area contributed by atoms with E-state index >= 15 is 0 Å². The molecule has 0 spiro atoms. The second-order valence-electron chi connectivity index (χ2n) is 8.41. The predicted octanol–water partition coefficient (Wildman–Crippen LogP) is 3.47. The van der Waals surface area contributed by atoms with Crippen LogP contribution in [0.2, 0.25) is 0 Å². The van der Waals surface area contributed by atoms with Crippen molar-refractivity contribution in [1.82, 2.24) is 14.7 Å². The highest BCUT2D eigenvalue weighted by molar-refractivity contribution is 7.10. The average molecular weight is 426 g/mol. The lowest BCUT2D eigenvalue weighted by Crippen LogP contribution is -2.57. The van der Waals surface area contributed by atoms with Crippen molar-refractivity contribution in [1.29, 1.82) is 0 Å². The smallest absolute Gasteiger partial charge is 0.236 e. The maximum atomic E-state index is 13.3. The first kappa shape index (κ1) is 21.1. The van der Waals surface area contributed by atoms with Gasteiger partial charge in [0.1, 0.15) is 0 Å². The molecule has 2 atom stereocenters. The van der Waals surface area contributed by atoms with Gasteiger partial charge in [-0.2, -0.15) is 0 Å². The van der Waals surface area contributed by atoms with E-state index in [-0.39, 0.29) is 23.9 Å². The van der Waals surface area contributed by atoms with Gasteiger partial charge in [0, 0.05) is 43.5 Å². The monoisotopic (exact) mass is 425 g/mol. The van der Waals surface area contributed by atoms with Gasteiger partial charge in [-0.1, -0.05) is 31.2 Å². The fourth-order valence-electron chi connectivity index (χ4n) is 4.83. The van der Waals surface area contributed by atoms with Crippen LogP contribution in [0.25, 0.3) is 0 Å². The van der Waals surface area contributed by atoms with E-state index in [2.05, 4.69) is 47.5 Å². The Labute approximate surface area is 183 Å². The summed E-state index contributed by atoms with van der Waals surface area (Å²) in [6, 6.07) is 10.9. The lowest BCUT2D eigenvalue weighted by Gasteiger charge is -2.42. The highest BCUT2D eigenvalue weighted by Gasteiger charge is 2.34. The van der Waals surface area contributed by atoms with Crippen molar-refractivity contribution in [3.05, 3.63) is 57.3 Å². The molecule has 3 heterocycles. The Kier molecular flexibility index (Phi) is 6.25. The van der Waals surface area contributed by atoms with Gasteiger partial charge in [0.15, 0.2) is 0 Å². The molecule has 2 aromatic rings. The molecule has 6 heteroatoms. The Morgan fingerprint density at radius 2 is 1.87 bits per heavy atom. The largest absolute Gasteiger partial charge is 0.338 e. The molecule has 0 aliphatic carbocycles. The molecule has 160 valence electrons. The Hall–Kier alpha value is -2.18. The highest BCUT2D eigenvalue weighted by atomic mass is 32.1. The van der Waals surface area contributed by atoms with Gasteiger partial charge in [0.2, 0.25) is 11.8 Å².